The van der Waals surface area contributed by atoms with E-state index >= 15 is 0 Å². The molecule has 5 fully saturated rings. The van der Waals surface area contributed by atoms with Crippen LogP contribution in [0, 0.1) is 23.2 Å². The molecule has 1 spiro atoms. The van der Waals surface area contributed by atoms with Crippen LogP contribution in [0.25, 0.3) is 0 Å². The molecule has 9 atom stereocenters. The summed E-state index contributed by atoms with van der Waals surface area (Å²) in [5.41, 5.74) is -0.200. The highest BCUT2D eigenvalue weighted by Gasteiger charge is 2.70. The van der Waals surface area contributed by atoms with Crippen LogP contribution in [0.2, 0.25) is 0 Å². The van der Waals surface area contributed by atoms with Crippen molar-refractivity contribution in [2.75, 3.05) is 20.7 Å². The van der Waals surface area contributed by atoms with Crippen LogP contribution in [0.15, 0.2) is 0 Å². The quantitative estimate of drug-likeness (QED) is 0.718. The third kappa shape index (κ3) is 2.00. The summed E-state index contributed by atoms with van der Waals surface area (Å²) in [4.78, 5) is 15.4. The van der Waals surface area contributed by atoms with Crippen molar-refractivity contribution >= 4 is 5.78 Å². The Morgan fingerprint density at radius 1 is 1.32 bits per heavy atom. The lowest BCUT2D eigenvalue weighted by Gasteiger charge is -2.68. The molecule has 3 aliphatic carbocycles. The lowest BCUT2D eigenvalue weighted by Crippen LogP contribution is -2.74. The van der Waals surface area contributed by atoms with Gasteiger partial charge in [0.2, 0.25) is 0 Å². The number of Topliss-reactive ketones (excluding diaryl/α,β-unsaturated/α-hetero) is 1. The second-order valence-electron chi connectivity index (χ2n) is 9.22. The van der Waals surface area contributed by atoms with E-state index in [1.165, 1.54) is 0 Å². The van der Waals surface area contributed by atoms with E-state index in [4.69, 9.17) is 9.47 Å². The summed E-state index contributed by atoms with van der Waals surface area (Å²) in [6.07, 6.45) is 2.66. The summed E-state index contributed by atoms with van der Waals surface area (Å²) in [6.45, 7) is 0.927. The number of carbonyl (C=O) groups excluding carboxylic acids is 1. The number of likely N-dealkylation sites (N-methyl/N-ethyl adjacent to an activating group) is 1. The van der Waals surface area contributed by atoms with Crippen molar-refractivity contribution in [1.29, 1.82) is 0 Å². The zero-order chi connectivity index (χ0) is 17.6. The van der Waals surface area contributed by atoms with Gasteiger partial charge in [-0.1, -0.05) is 0 Å². The fourth-order valence-corrected chi connectivity index (χ4v) is 7.24. The van der Waals surface area contributed by atoms with Gasteiger partial charge in [0.25, 0.3) is 0 Å². The topological polar surface area (TPSA) is 79.2 Å². The van der Waals surface area contributed by atoms with Crippen molar-refractivity contribution in [3.05, 3.63) is 0 Å². The highest BCUT2D eigenvalue weighted by molar-refractivity contribution is 5.86. The van der Waals surface area contributed by atoms with E-state index in [-0.39, 0.29) is 29.4 Å². The highest BCUT2D eigenvalue weighted by atomic mass is 16.7. The SMILES string of the molecule is CO[C@@]12C[C@@]3(CC[C@H]1O)CC(=O)C1C4C(CCN1C)CC(O)C(O2)C43. The van der Waals surface area contributed by atoms with Gasteiger partial charge in [0, 0.05) is 20.0 Å². The molecule has 6 nitrogen and oxygen atoms in total. The fraction of sp³-hybridized carbons (Fsp3) is 0.947. The van der Waals surface area contributed by atoms with Crippen molar-refractivity contribution in [2.45, 2.75) is 68.7 Å². The molecule has 5 rings (SSSR count). The van der Waals surface area contributed by atoms with Crippen molar-refractivity contribution in [2.24, 2.45) is 23.2 Å². The number of hydrogen-bond acceptors (Lipinski definition) is 6. The predicted octanol–water partition coefficient (Wildman–Crippen LogP) is 0.549. The monoisotopic (exact) mass is 351 g/mol. The molecule has 5 aliphatic rings. The van der Waals surface area contributed by atoms with Crippen molar-refractivity contribution in [3.63, 3.8) is 0 Å². The zero-order valence-electron chi connectivity index (χ0n) is 15.1. The Bertz CT molecular complexity index is 598. The first kappa shape index (κ1) is 16.6. The minimum Gasteiger partial charge on any atom is -0.390 e. The normalized spacial score (nSPS) is 57.9. The average molecular weight is 351 g/mol. The third-order valence-corrected chi connectivity index (χ3v) is 8.19. The largest absolute Gasteiger partial charge is 0.390 e. The van der Waals surface area contributed by atoms with Gasteiger partial charge in [0.15, 0.2) is 11.6 Å². The predicted molar refractivity (Wildman–Crippen MR) is 88.7 cm³/mol. The number of aliphatic hydroxyl groups excluding tert-OH is 2. The number of carbonyl (C=O) groups is 1. The van der Waals surface area contributed by atoms with Crippen LogP contribution >= 0.6 is 0 Å². The number of rotatable bonds is 1. The Morgan fingerprint density at radius 3 is 2.88 bits per heavy atom. The van der Waals surface area contributed by atoms with E-state index in [0.717, 1.165) is 19.4 Å². The van der Waals surface area contributed by atoms with Crippen LogP contribution in [-0.2, 0) is 14.3 Å². The molecule has 0 aromatic carbocycles. The summed E-state index contributed by atoms with van der Waals surface area (Å²) < 4.78 is 12.0. The van der Waals surface area contributed by atoms with Crippen molar-refractivity contribution in [1.82, 2.24) is 4.90 Å². The number of nitrogens with zero attached hydrogens (tertiary/aromatic N) is 1. The number of likely N-dealkylation sites (tertiary alicyclic amines) is 1. The molecule has 0 amide bonds. The van der Waals surface area contributed by atoms with Gasteiger partial charge in [-0.05, 0) is 62.4 Å². The minimum absolute atomic E-state index is 0.0325. The highest BCUT2D eigenvalue weighted by Crippen LogP contribution is 2.65. The van der Waals surface area contributed by atoms with Crippen molar-refractivity contribution in [3.8, 4) is 0 Å². The van der Waals surface area contributed by atoms with Gasteiger partial charge in [-0.3, -0.25) is 9.69 Å². The second kappa shape index (κ2) is 5.26. The van der Waals surface area contributed by atoms with Crippen LogP contribution < -0.4 is 0 Å². The molecule has 25 heavy (non-hydrogen) atoms. The Balaban J connectivity index is 1.63. The molecule has 6 heteroatoms. The van der Waals surface area contributed by atoms with E-state index in [0.29, 0.717) is 37.4 Å². The van der Waals surface area contributed by atoms with E-state index in [1.807, 2.05) is 0 Å². The zero-order valence-corrected chi connectivity index (χ0v) is 15.1. The molecule has 0 aromatic heterocycles. The van der Waals surface area contributed by atoms with Gasteiger partial charge in [-0.25, -0.2) is 0 Å². The van der Waals surface area contributed by atoms with Crippen LogP contribution in [0.4, 0.5) is 0 Å². The molecule has 3 saturated carbocycles. The van der Waals surface area contributed by atoms with Gasteiger partial charge >= 0.3 is 0 Å². The van der Waals surface area contributed by atoms with Gasteiger partial charge < -0.3 is 19.7 Å². The maximum atomic E-state index is 13.2. The van der Waals surface area contributed by atoms with Crippen LogP contribution in [-0.4, -0.2) is 71.7 Å². The minimum atomic E-state index is -1.07. The Labute approximate surface area is 148 Å². The number of ketones is 1. The van der Waals surface area contributed by atoms with Crippen molar-refractivity contribution < 1.29 is 24.5 Å². The molecule has 2 aliphatic heterocycles. The number of aliphatic hydroxyl groups is 2. The molecule has 2 bridgehead atoms. The molecule has 0 aromatic rings. The first-order valence-corrected chi connectivity index (χ1v) is 9.73. The first-order valence-electron chi connectivity index (χ1n) is 9.73. The molecule has 2 saturated heterocycles. The lowest BCUT2D eigenvalue weighted by atomic mass is 9.45. The number of fused-ring (bicyclic) bond motifs is 1. The van der Waals surface area contributed by atoms with E-state index in [9.17, 15) is 15.0 Å². The Kier molecular flexibility index (Phi) is 3.50. The molecular formula is C19H29NO5. The number of methoxy groups -OCH3 is 1. The summed E-state index contributed by atoms with van der Waals surface area (Å²) in [5.74, 6) is 0.109. The lowest BCUT2D eigenvalue weighted by molar-refractivity contribution is -0.388. The van der Waals surface area contributed by atoms with Gasteiger partial charge in [0.05, 0.1) is 18.2 Å². The average Bonchev–Trinajstić information content (AvgIpc) is 2.59. The van der Waals surface area contributed by atoms with E-state index in [2.05, 4.69) is 11.9 Å². The first-order chi connectivity index (χ1) is 11.9. The maximum absolute atomic E-state index is 13.2. The number of piperidine rings is 1. The van der Waals surface area contributed by atoms with Crippen LogP contribution in [0.3, 0.4) is 0 Å². The van der Waals surface area contributed by atoms with E-state index < -0.39 is 18.0 Å². The number of hydrogen-bond donors (Lipinski definition) is 2. The van der Waals surface area contributed by atoms with E-state index in [1.54, 1.807) is 7.11 Å². The molecule has 0 radical (unpaired) electrons. The smallest absolute Gasteiger partial charge is 0.195 e. The third-order valence-electron chi connectivity index (χ3n) is 8.19. The molecule has 6 unspecified atom stereocenters. The Hall–Kier alpha value is -0.530. The summed E-state index contributed by atoms with van der Waals surface area (Å²) in [7, 11) is 3.63. The molecule has 2 heterocycles. The summed E-state index contributed by atoms with van der Waals surface area (Å²) in [5, 5.41) is 21.5. The molecule has 140 valence electrons. The molecular weight excluding hydrogens is 322 g/mol. The van der Waals surface area contributed by atoms with Gasteiger partial charge in [0.1, 0.15) is 6.10 Å². The standard InChI is InChI=1S/C19H29NO5/c1-20-6-4-10-7-11(21)17-15-14(10)16(20)12(22)8-18(15)5-3-13(23)19(9-18,24-2)25-17/h10-11,13-17,21,23H,3-9H2,1-2H3/t10?,11?,13-,14?,15?,16?,17?,18-,19-/m1/s1. The van der Waals surface area contributed by atoms with Crippen LogP contribution in [0.5, 0.6) is 0 Å². The summed E-state index contributed by atoms with van der Waals surface area (Å²) in [6, 6.07) is -0.0325. The fourth-order valence-electron chi connectivity index (χ4n) is 7.24. The number of ether oxygens (including phenoxy) is 2. The van der Waals surface area contributed by atoms with Gasteiger partial charge in [-0.15, -0.1) is 0 Å². The molecule has 2 N–H and O–H groups in total. The summed E-state index contributed by atoms with van der Waals surface area (Å²) >= 11 is 0. The van der Waals surface area contributed by atoms with Gasteiger partial charge in [-0.2, -0.15) is 0 Å². The second-order valence-corrected chi connectivity index (χ2v) is 9.22. The Morgan fingerprint density at radius 2 is 2.12 bits per heavy atom. The van der Waals surface area contributed by atoms with Crippen LogP contribution in [0.1, 0.15) is 38.5 Å². The maximum Gasteiger partial charge on any atom is 0.195 e.